The van der Waals surface area contributed by atoms with Gasteiger partial charge in [0.25, 0.3) is 0 Å². The molecule has 2 bridgehead atoms. The molecular formula is C21H31N3O2. The van der Waals surface area contributed by atoms with Crippen molar-refractivity contribution in [2.24, 2.45) is 22.7 Å². The molecule has 142 valence electrons. The molecule has 26 heavy (non-hydrogen) atoms. The monoisotopic (exact) mass is 357 g/mol. The Kier molecular flexibility index (Phi) is 5.54. The van der Waals surface area contributed by atoms with Crippen LogP contribution in [0.2, 0.25) is 0 Å². The molecule has 0 aliphatic heterocycles. The van der Waals surface area contributed by atoms with E-state index in [0.29, 0.717) is 17.5 Å². The van der Waals surface area contributed by atoms with E-state index < -0.39 is 0 Å². The second-order valence-corrected chi connectivity index (χ2v) is 7.96. The molecule has 3 aliphatic carbocycles. The second-order valence-electron chi connectivity index (χ2n) is 7.96. The summed E-state index contributed by atoms with van der Waals surface area (Å²) >= 11 is 0. The zero-order valence-corrected chi connectivity index (χ0v) is 16.3. The topological polar surface area (TPSA) is 67.9 Å². The van der Waals surface area contributed by atoms with Crippen molar-refractivity contribution >= 4 is 17.5 Å². The number of para-hydroxylation sites is 1. The minimum atomic E-state index is -0.131. The fraction of sp³-hybridized carbons (Fsp3) is 0.619. The number of benzene rings is 1. The number of anilines is 1. The van der Waals surface area contributed by atoms with Gasteiger partial charge in [0.2, 0.25) is 0 Å². The van der Waals surface area contributed by atoms with Crippen molar-refractivity contribution in [3.8, 4) is 0 Å². The molecule has 2 N–H and O–H groups in total. The highest BCUT2D eigenvalue weighted by molar-refractivity contribution is 6.03. The first kappa shape index (κ1) is 18.7. The van der Waals surface area contributed by atoms with E-state index in [-0.39, 0.29) is 24.0 Å². The summed E-state index contributed by atoms with van der Waals surface area (Å²) in [6, 6.07) is 8.10. The summed E-state index contributed by atoms with van der Waals surface area (Å²) in [6.45, 7) is 4.28. The van der Waals surface area contributed by atoms with Gasteiger partial charge in [0.15, 0.2) is 0 Å². The number of ether oxygens (including phenoxy) is 1. The van der Waals surface area contributed by atoms with Gasteiger partial charge in [-0.1, -0.05) is 12.1 Å². The van der Waals surface area contributed by atoms with Gasteiger partial charge in [-0.05, 0) is 63.5 Å². The summed E-state index contributed by atoms with van der Waals surface area (Å²) in [5.41, 5.74) is 7.92. The van der Waals surface area contributed by atoms with Crippen LogP contribution in [0.25, 0.3) is 0 Å². The van der Waals surface area contributed by atoms with E-state index >= 15 is 0 Å². The Morgan fingerprint density at radius 2 is 1.81 bits per heavy atom. The summed E-state index contributed by atoms with van der Waals surface area (Å²) in [6.07, 6.45) is 4.52. The standard InChI is InChI=1S/C21H31N3O2/c1-13(2)24(3)20(16-7-5-6-8-17(16)22)23-19-15-11-9-14(10-12-15)18(19)21(25)26-4/h5-8,13-15,18-19H,9-12,22H2,1-4H3. The fourth-order valence-electron chi connectivity index (χ4n) is 4.51. The van der Waals surface area contributed by atoms with Gasteiger partial charge >= 0.3 is 5.97 Å². The van der Waals surface area contributed by atoms with Crippen molar-refractivity contribution in [2.45, 2.75) is 51.6 Å². The second kappa shape index (κ2) is 7.68. The van der Waals surface area contributed by atoms with E-state index in [1.807, 2.05) is 31.3 Å². The Hall–Kier alpha value is -2.04. The normalized spacial score (nSPS) is 28.3. The minimum Gasteiger partial charge on any atom is -0.469 e. The molecule has 3 aliphatic rings. The molecule has 2 atom stereocenters. The highest BCUT2D eigenvalue weighted by Gasteiger charge is 2.48. The van der Waals surface area contributed by atoms with Crippen LogP contribution in [0.5, 0.6) is 0 Å². The third kappa shape index (κ3) is 3.44. The van der Waals surface area contributed by atoms with Gasteiger partial charge in [-0.15, -0.1) is 0 Å². The summed E-state index contributed by atoms with van der Waals surface area (Å²) in [4.78, 5) is 19.9. The quantitative estimate of drug-likeness (QED) is 0.388. The van der Waals surface area contributed by atoms with Crippen LogP contribution in [0.3, 0.4) is 0 Å². The zero-order valence-electron chi connectivity index (χ0n) is 16.3. The van der Waals surface area contributed by atoms with Crippen LogP contribution in [-0.4, -0.2) is 42.9 Å². The lowest BCUT2D eigenvalue weighted by molar-refractivity contribution is -0.152. The van der Waals surface area contributed by atoms with Gasteiger partial charge in [0.05, 0.1) is 19.1 Å². The van der Waals surface area contributed by atoms with E-state index in [4.69, 9.17) is 15.5 Å². The van der Waals surface area contributed by atoms with Crippen molar-refractivity contribution in [3.63, 3.8) is 0 Å². The maximum atomic E-state index is 12.5. The van der Waals surface area contributed by atoms with Crippen LogP contribution < -0.4 is 5.73 Å². The van der Waals surface area contributed by atoms with Crippen LogP contribution in [0.4, 0.5) is 5.69 Å². The Morgan fingerprint density at radius 3 is 2.38 bits per heavy atom. The average molecular weight is 357 g/mol. The van der Waals surface area contributed by atoms with E-state index in [1.54, 1.807) is 0 Å². The van der Waals surface area contributed by atoms with Crippen molar-refractivity contribution in [1.29, 1.82) is 0 Å². The number of hydrogen-bond donors (Lipinski definition) is 1. The molecular weight excluding hydrogens is 326 g/mol. The molecule has 4 rings (SSSR count). The molecule has 2 unspecified atom stereocenters. The Bertz CT molecular complexity index is 678. The zero-order chi connectivity index (χ0) is 18.8. The summed E-state index contributed by atoms with van der Waals surface area (Å²) in [5, 5.41) is 0. The molecule has 0 amide bonds. The lowest BCUT2D eigenvalue weighted by Gasteiger charge is -2.46. The number of nitrogens with two attached hydrogens (primary N) is 1. The Morgan fingerprint density at radius 1 is 1.19 bits per heavy atom. The van der Waals surface area contributed by atoms with E-state index in [2.05, 4.69) is 18.7 Å². The van der Waals surface area contributed by atoms with Crippen LogP contribution in [0, 0.1) is 17.8 Å². The van der Waals surface area contributed by atoms with Crippen molar-refractivity contribution in [2.75, 3.05) is 19.9 Å². The van der Waals surface area contributed by atoms with Gasteiger partial charge in [0.1, 0.15) is 5.84 Å². The minimum absolute atomic E-state index is 0.0224. The number of methoxy groups -OCH3 is 1. The number of amidine groups is 1. The predicted molar refractivity (Wildman–Crippen MR) is 105 cm³/mol. The molecule has 3 saturated carbocycles. The SMILES string of the molecule is COC(=O)C1C2CCC(CC2)C1N=C(c1ccccc1N)N(C)C(C)C. The van der Waals surface area contributed by atoms with Gasteiger partial charge in [0, 0.05) is 24.3 Å². The fourth-order valence-corrected chi connectivity index (χ4v) is 4.51. The molecule has 0 saturated heterocycles. The Labute approximate surface area is 156 Å². The molecule has 5 heteroatoms. The summed E-state index contributed by atoms with van der Waals surface area (Å²) in [7, 11) is 3.53. The van der Waals surface area contributed by atoms with Gasteiger partial charge < -0.3 is 15.4 Å². The van der Waals surface area contributed by atoms with Crippen LogP contribution in [0.15, 0.2) is 29.3 Å². The third-order valence-corrected chi connectivity index (χ3v) is 6.23. The maximum Gasteiger partial charge on any atom is 0.311 e. The highest BCUT2D eigenvalue weighted by Crippen LogP contribution is 2.47. The first-order valence-corrected chi connectivity index (χ1v) is 9.67. The van der Waals surface area contributed by atoms with Crippen LogP contribution in [-0.2, 0) is 9.53 Å². The number of esters is 1. The molecule has 1 aromatic carbocycles. The summed E-state index contributed by atoms with van der Waals surface area (Å²) in [5.74, 6) is 1.47. The molecule has 5 nitrogen and oxygen atoms in total. The number of fused-ring (bicyclic) bond motifs is 3. The number of rotatable bonds is 4. The molecule has 1 aromatic rings. The molecule has 0 aromatic heterocycles. The number of carbonyl (C=O) groups is 1. The number of nitrogen functional groups attached to an aromatic ring is 1. The van der Waals surface area contributed by atoms with Gasteiger partial charge in [-0.3, -0.25) is 9.79 Å². The Balaban J connectivity index is 2.05. The smallest absolute Gasteiger partial charge is 0.311 e. The lowest BCUT2D eigenvalue weighted by atomic mass is 9.62. The number of carbonyl (C=O) groups excluding carboxylic acids is 1. The van der Waals surface area contributed by atoms with Gasteiger partial charge in [-0.25, -0.2) is 0 Å². The number of aliphatic imine (C=N–C) groups is 1. The maximum absolute atomic E-state index is 12.5. The summed E-state index contributed by atoms with van der Waals surface area (Å²) < 4.78 is 5.15. The van der Waals surface area contributed by atoms with Crippen LogP contribution >= 0.6 is 0 Å². The third-order valence-electron chi connectivity index (χ3n) is 6.23. The van der Waals surface area contributed by atoms with Gasteiger partial charge in [-0.2, -0.15) is 0 Å². The number of nitrogens with zero attached hydrogens (tertiary/aromatic N) is 2. The van der Waals surface area contributed by atoms with E-state index in [1.165, 1.54) is 7.11 Å². The predicted octanol–water partition coefficient (Wildman–Crippen LogP) is 3.33. The van der Waals surface area contributed by atoms with Crippen LogP contribution in [0.1, 0.15) is 45.1 Å². The molecule has 0 heterocycles. The van der Waals surface area contributed by atoms with E-state index in [9.17, 15) is 4.79 Å². The molecule has 3 fully saturated rings. The highest BCUT2D eigenvalue weighted by atomic mass is 16.5. The van der Waals surface area contributed by atoms with Crippen molar-refractivity contribution < 1.29 is 9.53 Å². The van der Waals surface area contributed by atoms with E-state index in [0.717, 1.165) is 37.1 Å². The first-order chi connectivity index (χ1) is 12.4. The molecule has 0 radical (unpaired) electrons. The average Bonchev–Trinajstić information content (AvgIpc) is 2.66. The molecule has 0 spiro atoms. The van der Waals surface area contributed by atoms with Crippen molar-refractivity contribution in [1.82, 2.24) is 4.90 Å². The first-order valence-electron chi connectivity index (χ1n) is 9.67. The largest absolute Gasteiger partial charge is 0.469 e. The number of hydrogen-bond acceptors (Lipinski definition) is 4. The lowest BCUT2D eigenvalue weighted by Crippen LogP contribution is -2.48. The van der Waals surface area contributed by atoms with Crippen molar-refractivity contribution in [3.05, 3.63) is 29.8 Å².